The van der Waals surface area contributed by atoms with Gasteiger partial charge in [0.2, 0.25) is 0 Å². The van der Waals surface area contributed by atoms with Gasteiger partial charge in [-0.15, -0.1) is 0 Å². The van der Waals surface area contributed by atoms with Crippen LogP contribution in [-0.2, 0) is 73.5 Å². The molecule has 38 heteroatoms. The number of halogens is 3. The SMILES string of the molecule is CCCCc1nc(Cl)c(C(=O)O)n1Cc1ccc(-c2ccccc2S(=O)(=O)NC(=O)c2ccccc2)cc1.CCCCc1nc(Cl)c(C(=O)O)n1Cc1ccc(-c2ccccc2S(=O)(=O)NC(=O)c2ccccc2)cc1.CCCCc1nc(Cl)c(C(=O)O)n1Cc1ccc(-c2ccccc2S(=O)(=O)NC(=O)c2ccccc2)cc1.O=P([O-])([O-])[O-].[Na+].[Na+].[Na+]. The first-order chi connectivity index (χ1) is 56.6. The molecule has 12 rings (SSSR count). The number of benzene rings is 9. The first-order valence-electron chi connectivity index (χ1n) is 36.7. The molecule has 0 bridgehead atoms. The van der Waals surface area contributed by atoms with Crippen LogP contribution in [0.15, 0.2) is 251 Å². The van der Waals surface area contributed by atoms with Crippen LogP contribution >= 0.6 is 42.6 Å². The summed E-state index contributed by atoms with van der Waals surface area (Å²) in [6.45, 7) is 6.85. The van der Waals surface area contributed by atoms with E-state index in [1.54, 1.807) is 196 Å². The summed E-state index contributed by atoms with van der Waals surface area (Å²) >= 11 is 18.4. The molecule has 3 heterocycles. The molecule has 122 heavy (non-hydrogen) atoms. The number of aryl methyl sites for hydroxylation is 3. The summed E-state index contributed by atoms with van der Waals surface area (Å²) in [6, 6.07) is 64.9. The second-order valence-electron chi connectivity index (χ2n) is 26.4. The molecule has 620 valence electrons. The molecule has 0 saturated carbocycles. The van der Waals surface area contributed by atoms with E-state index in [0.29, 0.717) is 70.1 Å². The average molecular weight is 1820 g/mol. The van der Waals surface area contributed by atoms with Gasteiger partial charge in [0, 0.05) is 72.3 Å². The zero-order valence-corrected chi connectivity index (χ0v) is 78.5. The van der Waals surface area contributed by atoms with Gasteiger partial charge < -0.3 is 48.3 Å². The van der Waals surface area contributed by atoms with Gasteiger partial charge in [-0.25, -0.2) is 68.8 Å². The number of carboxylic acids is 3. The summed E-state index contributed by atoms with van der Waals surface area (Å²) < 4.78 is 98.6. The Bertz CT molecular complexity index is 5480. The zero-order valence-electron chi connectivity index (χ0n) is 66.9. The van der Waals surface area contributed by atoms with Gasteiger partial charge in [0.1, 0.15) is 17.5 Å². The molecule has 3 aromatic heterocycles. The maximum atomic E-state index is 13.1. The molecule has 12 aromatic rings. The minimum absolute atomic E-state index is 0. The number of imidazole rings is 3. The Hall–Kier alpha value is -8.74. The van der Waals surface area contributed by atoms with Crippen LogP contribution in [0.2, 0.25) is 15.5 Å². The quantitative estimate of drug-likeness (QED) is 0.0268. The summed E-state index contributed by atoms with van der Waals surface area (Å²) in [5, 5.41) is 28.9. The third-order valence-electron chi connectivity index (χ3n) is 18.0. The molecule has 0 aliphatic heterocycles. The van der Waals surface area contributed by atoms with Gasteiger partial charge in [0.05, 0.1) is 14.7 Å². The maximum Gasteiger partial charge on any atom is 1.00 e. The van der Waals surface area contributed by atoms with E-state index < -0.39 is 73.5 Å². The number of carbonyl (C=O) groups excluding carboxylic acids is 3. The van der Waals surface area contributed by atoms with E-state index in [1.807, 2.05) is 20.8 Å². The molecule has 0 aliphatic carbocycles. The van der Waals surface area contributed by atoms with E-state index >= 15 is 0 Å². The summed E-state index contributed by atoms with van der Waals surface area (Å²) in [5.74, 6) is -3.82. The van der Waals surface area contributed by atoms with E-state index in [2.05, 4.69) is 29.1 Å². The largest absolute Gasteiger partial charge is 1.00 e. The Morgan fingerprint density at radius 2 is 0.557 bits per heavy atom. The number of nitrogens with zero attached hydrogens (tertiary/aromatic N) is 6. The Kier molecular flexibility index (Phi) is 39.6. The number of phosphoric acid groups is 1. The molecule has 0 fully saturated rings. The molecule has 9 aromatic carbocycles. The van der Waals surface area contributed by atoms with Crippen LogP contribution in [0.3, 0.4) is 0 Å². The van der Waals surface area contributed by atoms with Gasteiger partial charge in [-0.3, -0.25) is 14.4 Å². The fourth-order valence-corrected chi connectivity index (χ4v) is 16.8. The normalized spacial score (nSPS) is 11.1. The van der Waals surface area contributed by atoms with Crippen molar-refractivity contribution in [3.63, 3.8) is 0 Å². The van der Waals surface area contributed by atoms with Crippen LogP contribution in [0.5, 0.6) is 0 Å². The maximum absolute atomic E-state index is 13.1. The monoisotopic (exact) mass is 1820 g/mol. The third-order valence-corrected chi connectivity index (χ3v) is 23.0. The Morgan fingerprint density at radius 3 is 0.762 bits per heavy atom. The van der Waals surface area contributed by atoms with Crippen LogP contribution in [0.4, 0.5) is 0 Å². The van der Waals surface area contributed by atoms with E-state index in [-0.39, 0.29) is 172 Å². The molecule has 0 radical (unpaired) electrons. The zero-order chi connectivity index (χ0) is 86.4. The van der Waals surface area contributed by atoms with Crippen LogP contribution in [0, 0.1) is 0 Å². The van der Waals surface area contributed by atoms with Crippen molar-refractivity contribution in [2.45, 2.75) is 113 Å². The van der Waals surface area contributed by atoms with Gasteiger partial charge >= 0.3 is 107 Å². The van der Waals surface area contributed by atoms with Crippen LogP contribution in [-0.4, -0.2) is 105 Å². The molecule has 3 amide bonds. The van der Waals surface area contributed by atoms with E-state index in [4.69, 9.17) is 54.0 Å². The van der Waals surface area contributed by atoms with Crippen molar-refractivity contribution in [1.82, 2.24) is 42.8 Å². The Morgan fingerprint density at radius 1 is 0.352 bits per heavy atom. The smallest absolute Gasteiger partial charge is 0.822 e. The molecular weight excluding hydrogens is 1740 g/mol. The van der Waals surface area contributed by atoms with Gasteiger partial charge in [0.25, 0.3) is 47.8 Å². The van der Waals surface area contributed by atoms with Crippen molar-refractivity contribution in [2.24, 2.45) is 0 Å². The second-order valence-corrected chi connectivity index (χ2v) is 33.3. The van der Waals surface area contributed by atoms with Gasteiger partial charge in [-0.2, -0.15) is 7.82 Å². The number of nitrogens with one attached hydrogen (secondary N) is 3. The van der Waals surface area contributed by atoms with Crippen molar-refractivity contribution in [3.05, 3.63) is 320 Å². The topological polar surface area (TPSA) is 441 Å². The fourth-order valence-electron chi connectivity index (χ4n) is 12.3. The van der Waals surface area contributed by atoms with Crippen LogP contribution < -0.4 is 118 Å². The van der Waals surface area contributed by atoms with E-state index in [9.17, 15) is 69.3 Å². The summed E-state index contributed by atoms with van der Waals surface area (Å²) in [5.41, 5.74) is 6.02. The minimum Gasteiger partial charge on any atom is -0.822 e. The van der Waals surface area contributed by atoms with Crippen molar-refractivity contribution < 1.29 is 177 Å². The summed E-state index contributed by atoms with van der Waals surface area (Å²) in [6.07, 6.45) is 7.11. The number of rotatable bonds is 30. The molecule has 28 nitrogen and oxygen atoms in total. The third kappa shape index (κ3) is 28.1. The number of hydrogen-bond donors (Lipinski definition) is 6. The molecule has 0 spiro atoms. The van der Waals surface area contributed by atoms with Crippen molar-refractivity contribution >= 4 is 108 Å². The minimum atomic E-state index is -5.39. The van der Waals surface area contributed by atoms with E-state index in [1.165, 1.54) is 54.6 Å². The predicted octanol–water partition coefficient (Wildman–Crippen LogP) is 4.42. The molecule has 0 unspecified atom stereocenters. The van der Waals surface area contributed by atoms with Crippen LogP contribution in [0.1, 0.15) is 156 Å². The predicted molar refractivity (Wildman–Crippen MR) is 442 cm³/mol. The van der Waals surface area contributed by atoms with Crippen molar-refractivity contribution in [1.29, 1.82) is 0 Å². The Balaban J connectivity index is 0.000000272. The summed E-state index contributed by atoms with van der Waals surface area (Å²) in [4.78, 5) is 111. The average Bonchev–Trinajstić information content (AvgIpc) is 1.27. The number of hydrogen-bond acceptors (Lipinski definition) is 19. The van der Waals surface area contributed by atoms with Crippen molar-refractivity contribution in [2.75, 3.05) is 0 Å². The fraction of sp³-hybridized carbons (Fsp3) is 0.179. The van der Waals surface area contributed by atoms with Gasteiger partial charge in [0.15, 0.2) is 32.5 Å². The molecule has 0 atom stereocenters. The number of carboxylic acid groups (broad SMARTS) is 3. The molecule has 6 N–H and O–H groups in total. The number of aromatic nitrogens is 6. The molecule has 0 aliphatic rings. The molecule has 0 saturated heterocycles. The number of amides is 3. The van der Waals surface area contributed by atoms with Crippen LogP contribution in [0.25, 0.3) is 33.4 Å². The second kappa shape index (κ2) is 47.4. The first-order valence-corrected chi connectivity index (χ1v) is 43.8. The summed E-state index contributed by atoms with van der Waals surface area (Å²) in [7, 11) is -17.9. The van der Waals surface area contributed by atoms with Gasteiger partial charge in [-0.1, -0.05) is 257 Å². The van der Waals surface area contributed by atoms with E-state index in [0.717, 1.165) is 55.2 Å². The number of sulfonamides is 3. The Labute approximate surface area is 786 Å². The number of aromatic carboxylic acids is 3. The first kappa shape index (κ1) is 102. The van der Waals surface area contributed by atoms with Crippen molar-refractivity contribution in [3.8, 4) is 33.4 Å². The molecular formula is C84H78Cl3N9Na3O19PS3. The number of carbonyl (C=O) groups is 6. The standard InChI is InChI=1S/3C28H26ClN3O5S.3Na.H3O4P/c3*1-2-3-13-24-30-26(29)25(28(34)35)32(24)18-19-14-16-20(17-15-19)22-11-7-8-12-23(22)38(36,37)31-27(33)21-9-5-4-6-10-21;;;;1-5(2,3)4/h3*4-12,14-17H,2-3,13,18H2,1H3,(H,31,33)(H,34,35);;;;(H3,1,2,3,4)/q;;;3*+1;/p-3. The van der Waals surface area contributed by atoms with Gasteiger partial charge in [-0.05, 0) is 107 Å². The number of unbranched alkanes of at least 4 members (excludes halogenated alkanes) is 3.